The van der Waals surface area contributed by atoms with E-state index in [0.29, 0.717) is 16.4 Å². The van der Waals surface area contributed by atoms with Gasteiger partial charge in [-0.2, -0.15) is 0 Å². The summed E-state index contributed by atoms with van der Waals surface area (Å²) in [6.45, 7) is 6.03. The molecule has 1 aliphatic carbocycles. The normalized spacial score (nSPS) is 29.5. The monoisotopic (exact) mass is 490 g/mol. The Bertz CT molecular complexity index is 1380. The summed E-state index contributed by atoms with van der Waals surface area (Å²) < 4.78 is 14.4. The lowest BCUT2D eigenvalue weighted by Crippen LogP contribution is -2.64. The molecule has 4 unspecified atom stereocenters. The molecule has 0 spiro atoms. The molecule has 6 rings (SSSR count). The molecule has 1 saturated heterocycles. The molecule has 1 fully saturated rings. The Morgan fingerprint density at radius 2 is 1.89 bits per heavy atom. The van der Waals surface area contributed by atoms with Crippen molar-refractivity contribution < 1.29 is 14.0 Å². The van der Waals surface area contributed by atoms with E-state index in [0.717, 1.165) is 22.5 Å². The van der Waals surface area contributed by atoms with Gasteiger partial charge in [-0.25, -0.2) is 9.18 Å². The first-order valence-corrected chi connectivity index (χ1v) is 12.0. The number of carbonyl (C=O) groups excluding carboxylic acids is 2. The second-order valence-electron chi connectivity index (χ2n) is 9.76. The molecule has 178 valence electrons. The van der Waals surface area contributed by atoms with Gasteiger partial charge < -0.3 is 5.32 Å². The number of fused-ring (bicyclic) bond motifs is 2. The number of halogens is 2. The van der Waals surface area contributed by atoms with Crippen LogP contribution >= 0.6 is 11.6 Å². The van der Waals surface area contributed by atoms with E-state index < -0.39 is 17.5 Å². The van der Waals surface area contributed by atoms with Gasteiger partial charge in [-0.1, -0.05) is 54.4 Å². The largest absolute Gasteiger partial charge is 0.330 e. The van der Waals surface area contributed by atoms with Crippen molar-refractivity contribution in [2.24, 2.45) is 16.3 Å². The van der Waals surface area contributed by atoms with Gasteiger partial charge in [-0.05, 0) is 49.2 Å². The molecule has 4 atom stereocenters. The van der Waals surface area contributed by atoms with Crippen molar-refractivity contribution in [2.75, 3.05) is 6.54 Å². The van der Waals surface area contributed by atoms with Crippen LogP contribution in [-0.2, 0) is 4.79 Å². The Balaban J connectivity index is 1.61. The van der Waals surface area contributed by atoms with Gasteiger partial charge in [-0.15, -0.1) is 0 Å². The van der Waals surface area contributed by atoms with E-state index in [9.17, 15) is 14.0 Å². The first-order valence-electron chi connectivity index (χ1n) is 11.6. The van der Waals surface area contributed by atoms with Crippen LogP contribution in [0, 0.1) is 17.2 Å². The fourth-order valence-electron chi connectivity index (χ4n) is 5.93. The molecule has 0 saturated carbocycles. The minimum absolute atomic E-state index is 0.0442. The average Bonchev–Trinajstić information content (AvgIpc) is 3.23. The second-order valence-corrected chi connectivity index (χ2v) is 10.2. The standard InChI is InChI=1S/C27H24ClFN4O2/c1-14-11-15(2)27(3)24-21(14)30-20(34)13-32(24)26(35)33-23(17-5-4-6-19(29)12-17)22(31-25(27)33)16-7-9-18(28)10-8-16/h4-12,14,22-23H,13H2,1-3H3,(H,30,34). The van der Waals surface area contributed by atoms with Crippen LogP contribution in [0.15, 0.2) is 76.6 Å². The smallest absolute Gasteiger partial charge is 0.326 e. The number of nitrogens with one attached hydrogen (secondary N) is 1. The zero-order chi connectivity index (χ0) is 24.6. The van der Waals surface area contributed by atoms with Gasteiger partial charge in [0.2, 0.25) is 5.91 Å². The third-order valence-electron chi connectivity index (χ3n) is 7.67. The highest BCUT2D eigenvalue weighted by atomic mass is 35.5. The van der Waals surface area contributed by atoms with Crippen LogP contribution in [0.25, 0.3) is 0 Å². The molecule has 3 aliphatic heterocycles. The summed E-state index contributed by atoms with van der Waals surface area (Å²) in [4.78, 5) is 35.1. The molecule has 3 amide bonds. The molecule has 2 aromatic rings. The van der Waals surface area contributed by atoms with Crippen molar-refractivity contribution >= 4 is 29.4 Å². The topological polar surface area (TPSA) is 65.0 Å². The number of nitrogens with zero attached hydrogens (tertiary/aromatic N) is 3. The van der Waals surface area contributed by atoms with Crippen LogP contribution < -0.4 is 5.32 Å². The van der Waals surface area contributed by atoms with E-state index in [-0.39, 0.29) is 30.2 Å². The minimum Gasteiger partial charge on any atom is -0.326 e. The van der Waals surface area contributed by atoms with E-state index >= 15 is 0 Å². The van der Waals surface area contributed by atoms with Crippen LogP contribution in [0.4, 0.5) is 9.18 Å². The molecule has 2 aromatic carbocycles. The molecule has 0 radical (unpaired) electrons. The van der Waals surface area contributed by atoms with E-state index in [1.807, 2.05) is 32.0 Å². The summed E-state index contributed by atoms with van der Waals surface area (Å²) in [5.41, 5.74) is 3.35. The van der Waals surface area contributed by atoms with E-state index in [2.05, 4.69) is 18.3 Å². The first-order chi connectivity index (χ1) is 16.7. The predicted octanol–water partition coefficient (Wildman–Crippen LogP) is 5.35. The quantitative estimate of drug-likeness (QED) is 0.576. The maximum absolute atomic E-state index is 14.4. The number of amidine groups is 1. The first kappa shape index (κ1) is 22.0. The second kappa shape index (κ2) is 7.52. The average molecular weight is 491 g/mol. The van der Waals surface area contributed by atoms with Crippen LogP contribution in [0.2, 0.25) is 5.02 Å². The van der Waals surface area contributed by atoms with Crippen LogP contribution in [0.3, 0.4) is 0 Å². The fraction of sp³-hybridized carbons (Fsp3) is 0.296. The number of hydrogen-bond acceptors (Lipinski definition) is 3. The summed E-state index contributed by atoms with van der Waals surface area (Å²) in [7, 11) is 0. The van der Waals surface area contributed by atoms with Crippen molar-refractivity contribution in [1.29, 1.82) is 0 Å². The molecule has 0 aromatic heterocycles. The molecule has 4 aliphatic rings. The number of amides is 3. The lowest BCUT2D eigenvalue weighted by Gasteiger charge is -2.53. The zero-order valence-electron chi connectivity index (χ0n) is 19.5. The van der Waals surface area contributed by atoms with Gasteiger partial charge >= 0.3 is 6.03 Å². The van der Waals surface area contributed by atoms with Crippen LogP contribution in [0.1, 0.15) is 44.0 Å². The maximum Gasteiger partial charge on any atom is 0.330 e. The van der Waals surface area contributed by atoms with Crippen molar-refractivity contribution in [3.8, 4) is 0 Å². The number of carbonyl (C=O) groups is 2. The Hall–Kier alpha value is -3.45. The van der Waals surface area contributed by atoms with Gasteiger partial charge in [0.1, 0.15) is 24.2 Å². The van der Waals surface area contributed by atoms with Gasteiger partial charge in [0.15, 0.2) is 0 Å². The summed E-state index contributed by atoms with van der Waals surface area (Å²) in [5, 5.41) is 3.60. The number of allylic oxidation sites excluding steroid dienone is 1. The van der Waals surface area contributed by atoms with Gasteiger partial charge in [-0.3, -0.25) is 19.6 Å². The van der Waals surface area contributed by atoms with Crippen LogP contribution in [-0.4, -0.2) is 34.1 Å². The van der Waals surface area contributed by atoms with Gasteiger partial charge in [0.05, 0.1) is 17.2 Å². The highest BCUT2D eigenvalue weighted by molar-refractivity contribution is 6.30. The molecule has 1 N–H and O–H groups in total. The molecule has 35 heavy (non-hydrogen) atoms. The summed E-state index contributed by atoms with van der Waals surface area (Å²) in [5.74, 6) is -0.0471. The molecular weight excluding hydrogens is 467 g/mol. The molecule has 3 heterocycles. The van der Waals surface area contributed by atoms with E-state index in [1.54, 1.807) is 28.0 Å². The Morgan fingerprint density at radius 3 is 2.60 bits per heavy atom. The molecule has 0 bridgehead atoms. The summed E-state index contributed by atoms with van der Waals surface area (Å²) >= 11 is 6.15. The third-order valence-corrected chi connectivity index (χ3v) is 7.92. The minimum atomic E-state index is -0.726. The summed E-state index contributed by atoms with van der Waals surface area (Å²) in [6, 6.07) is 12.3. The lowest BCUT2D eigenvalue weighted by molar-refractivity contribution is -0.122. The van der Waals surface area contributed by atoms with Crippen molar-refractivity contribution in [1.82, 2.24) is 15.1 Å². The van der Waals surface area contributed by atoms with E-state index in [4.69, 9.17) is 16.6 Å². The van der Waals surface area contributed by atoms with Gasteiger partial charge in [0, 0.05) is 16.6 Å². The summed E-state index contributed by atoms with van der Waals surface area (Å²) in [6.07, 6.45) is 2.12. The highest BCUT2D eigenvalue weighted by Gasteiger charge is 2.60. The number of benzene rings is 2. The zero-order valence-corrected chi connectivity index (χ0v) is 20.3. The third kappa shape index (κ3) is 3.04. The maximum atomic E-state index is 14.4. The lowest BCUT2D eigenvalue weighted by atomic mass is 9.69. The SMILES string of the molecule is CC1=CC(C)C2=C3N(CC(=O)N2)C(=O)N2C(=NC(c4ccc(Cl)cc4)C2c2cccc(F)c2)C13C. The molecule has 6 nitrogen and oxygen atoms in total. The number of aliphatic imine (C=N–C) groups is 1. The molecular formula is C27H24ClFN4O2. The number of rotatable bonds is 2. The Morgan fingerprint density at radius 1 is 1.14 bits per heavy atom. The van der Waals surface area contributed by atoms with Crippen molar-refractivity contribution in [2.45, 2.75) is 32.9 Å². The Kier molecular flexibility index (Phi) is 4.74. The van der Waals surface area contributed by atoms with Crippen molar-refractivity contribution in [3.05, 3.63) is 93.5 Å². The highest BCUT2D eigenvalue weighted by Crippen LogP contribution is 2.56. The molecule has 8 heteroatoms. The van der Waals surface area contributed by atoms with Crippen LogP contribution in [0.5, 0.6) is 0 Å². The van der Waals surface area contributed by atoms with Gasteiger partial charge in [0.25, 0.3) is 0 Å². The van der Waals surface area contributed by atoms with E-state index in [1.165, 1.54) is 12.1 Å². The van der Waals surface area contributed by atoms with Crippen molar-refractivity contribution in [3.63, 3.8) is 0 Å². The predicted molar refractivity (Wildman–Crippen MR) is 131 cm³/mol. The number of urea groups is 1. The Labute approximate surface area is 207 Å². The number of hydrogen-bond donors (Lipinski definition) is 1. The fourth-order valence-corrected chi connectivity index (χ4v) is 6.05.